The van der Waals surface area contributed by atoms with Crippen LogP contribution in [0.15, 0.2) is 47.6 Å². The van der Waals surface area contributed by atoms with Crippen molar-refractivity contribution in [1.82, 2.24) is 14.8 Å². The van der Waals surface area contributed by atoms with Gasteiger partial charge in [-0.05, 0) is 37.1 Å². The molecule has 3 aromatic rings. The maximum Gasteiger partial charge on any atom is 0.234 e. The van der Waals surface area contributed by atoms with Gasteiger partial charge in [0.15, 0.2) is 11.0 Å². The molecule has 26 heavy (non-hydrogen) atoms. The Hall–Kier alpha value is -2.67. The van der Waals surface area contributed by atoms with Gasteiger partial charge in [0.1, 0.15) is 5.82 Å². The molecule has 0 saturated heterocycles. The normalized spacial score (nSPS) is 10.8. The third-order valence-corrected chi connectivity index (χ3v) is 5.03. The second-order valence-electron chi connectivity index (χ2n) is 5.98. The van der Waals surface area contributed by atoms with E-state index < -0.39 is 0 Å². The minimum absolute atomic E-state index is 0.162. The molecule has 2 aromatic carbocycles. The summed E-state index contributed by atoms with van der Waals surface area (Å²) in [6.07, 6.45) is 0. The number of carbonyl (C=O) groups excluding carboxylic acids is 1. The zero-order valence-corrected chi connectivity index (χ0v) is 15.6. The fourth-order valence-corrected chi connectivity index (χ4v) is 3.21. The highest BCUT2D eigenvalue weighted by Crippen LogP contribution is 2.25. The van der Waals surface area contributed by atoms with Crippen LogP contribution in [0.4, 0.5) is 10.1 Å². The highest BCUT2D eigenvalue weighted by atomic mass is 32.2. The van der Waals surface area contributed by atoms with E-state index in [9.17, 15) is 9.18 Å². The molecule has 1 N–H and O–H groups in total. The molecular formula is C19H19FN4OS. The molecule has 5 nitrogen and oxygen atoms in total. The Morgan fingerprint density at radius 1 is 1.15 bits per heavy atom. The number of halogens is 1. The molecule has 0 unspecified atom stereocenters. The lowest BCUT2D eigenvalue weighted by molar-refractivity contribution is -0.113. The van der Waals surface area contributed by atoms with Crippen LogP contribution in [0.2, 0.25) is 0 Å². The van der Waals surface area contributed by atoms with Crippen LogP contribution in [0.25, 0.3) is 11.4 Å². The molecule has 3 rings (SSSR count). The van der Waals surface area contributed by atoms with E-state index in [0.717, 1.165) is 17.0 Å². The molecule has 0 fully saturated rings. The van der Waals surface area contributed by atoms with E-state index in [1.807, 2.05) is 42.8 Å². The summed E-state index contributed by atoms with van der Waals surface area (Å²) in [5, 5.41) is 11.8. The zero-order chi connectivity index (χ0) is 18.7. The van der Waals surface area contributed by atoms with E-state index in [1.54, 1.807) is 19.1 Å². The minimum atomic E-state index is -0.341. The zero-order valence-electron chi connectivity index (χ0n) is 14.8. The van der Waals surface area contributed by atoms with E-state index in [4.69, 9.17) is 0 Å². The highest BCUT2D eigenvalue weighted by molar-refractivity contribution is 7.99. The summed E-state index contributed by atoms with van der Waals surface area (Å²) in [4.78, 5) is 12.1. The molecule has 0 bridgehead atoms. The number of nitrogens with zero attached hydrogens (tertiary/aromatic N) is 3. The Balaban J connectivity index is 1.66. The smallest absolute Gasteiger partial charge is 0.234 e. The molecule has 0 atom stereocenters. The van der Waals surface area contributed by atoms with Gasteiger partial charge in [0.2, 0.25) is 5.91 Å². The standard InChI is InChI=1S/C19H19FN4OS/c1-12-6-4-5-7-15(12)18-22-23-19(24(18)3)26-11-17(25)21-14-9-8-13(2)16(20)10-14/h4-10H,11H2,1-3H3,(H,21,25). The van der Waals surface area contributed by atoms with Gasteiger partial charge in [-0.3, -0.25) is 4.79 Å². The number of amides is 1. The Morgan fingerprint density at radius 2 is 1.92 bits per heavy atom. The summed E-state index contributed by atoms with van der Waals surface area (Å²) in [5.74, 6) is 0.354. The largest absolute Gasteiger partial charge is 0.325 e. The number of benzene rings is 2. The average Bonchev–Trinajstić information content (AvgIpc) is 2.97. The summed E-state index contributed by atoms with van der Waals surface area (Å²) in [7, 11) is 1.87. The van der Waals surface area contributed by atoms with Gasteiger partial charge in [0.05, 0.1) is 5.75 Å². The molecule has 1 aromatic heterocycles. The van der Waals surface area contributed by atoms with Crippen molar-refractivity contribution in [3.63, 3.8) is 0 Å². The van der Waals surface area contributed by atoms with Gasteiger partial charge < -0.3 is 9.88 Å². The van der Waals surface area contributed by atoms with Gasteiger partial charge in [0.25, 0.3) is 0 Å². The van der Waals surface area contributed by atoms with E-state index in [-0.39, 0.29) is 17.5 Å². The van der Waals surface area contributed by atoms with E-state index in [0.29, 0.717) is 16.4 Å². The number of hydrogen-bond donors (Lipinski definition) is 1. The number of aromatic nitrogens is 3. The number of carbonyl (C=O) groups is 1. The van der Waals surface area contributed by atoms with Crippen molar-refractivity contribution in [1.29, 1.82) is 0 Å². The molecule has 0 aliphatic heterocycles. The number of rotatable bonds is 5. The van der Waals surface area contributed by atoms with Crippen LogP contribution >= 0.6 is 11.8 Å². The monoisotopic (exact) mass is 370 g/mol. The molecule has 0 saturated carbocycles. The second-order valence-corrected chi connectivity index (χ2v) is 6.92. The number of anilines is 1. The van der Waals surface area contributed by atoms with Gasteiger partial charge in [-0.15, -0.1) is 10.2 Å². The maximum atomic E-state index is 13.6. The lowest BCUT2D eigenvalue weighted by Gasteiger charge is -2.07. The van der Waals surface area contributed by atoms with Crippen molar-refractivity contribution >= 4 is 23.4 Å². The summed E-state index contributed by atoms with van der Waals surface area (Å²) < 4.78 is 15.4. The van der Waals surface area contributed by atoms with Crippen LogP contribution in [0.5, 0.6) is 0 Å². The average molecular weight is 370 g/mol. The molecule has 0 spiro atoms. The predicted octanol–water partition coefficient (Wildman–Crippen LogP) is 3.97. The van der Waals surface area contributed by atoms with Gasteiger partial charge in [-0.2, -0.15) is 0 Å². The quantitative estimate of drug-likeness (QED) is 0.691. The van der Waals surface area contributed by atoms with Crippen LogP contribution in [-0.4, -0.2) is 26.4 Å². The third-order valence-electron chi connectivity index (χ3n) is 4.01. The van der Waals surface area contributed by atoms with Crippen LogP contribution in [0.3, 0.4) is 0 Å². The second kappa shape index (κ2) is 7.70. The summed E-state index contributed by atoms with van der Waals surface area (Å²) in [6, 6.07) is 12.6. The summed E-state index contributed by atoms with van der Waals surface area (Å²) in [5.41, 5.74) is 3.10. The Kier molecular flexibility index (Phi) is 5.37. The summed E-state index contributed by atoms with van der Waals surface area (Å²) in [6.45, 7) is 3.70. The van der Waals surface area contributed by atoms with Crippen molar-refractivity contribution < 1.29 is 9.18 Å². The molecule has 0 aliphatic rings. The van der Waals surface area contributed by atoms with Crippen molar-refractivity contribution in [2.75, 3.05) is 11.1 Å². The number of nitrogens with one attached hydrogen (secondary N) is 1. The van der Waals surface area contributed by atoms with Crippen molar-refractivity contribution in [3.05, 3.63) is 59.4 Å². The fraction of sp³-hybridized carbons (Fsp3) is 0.211. The Morgan fingerprint density at radius 3 is 2.65 bits per heavy atom. The molecule has 0 radical (unpaired) electrons. The molecule has 7 heteroatoms. The first kappa shape index (κ1) is 18.1. The van der Waals surface area contributed by atoms with Crippen molar-refractivity contribution in [2.45, 2.75) is 19.0 Å². The number of thioether (sulfide) groups is 1. The van der Waals surface area contributed by atoms with Crippen LogP contribution < -0.4 is 5.32 Å². The lowest BCUT2D eigenvalue weighted by Crippen LogP contribution is -2.14. The molecular weight excluding hydrogens is 351 g/mol. The summed E-state index contributed by atoms with van der Waals surface area (Å²) >= 11 is 1.29. The Bertz CT molecular complexity index is 954. The fourth-order valence-electron chi connectivity index (χ4n) is 2.50. The molecule has 1 heterocycles. The van der Waals surface area contributed by atoms with Gasteiger partial charge in [0, 0.05) is 18.3 Å². The SMILES string of the molecule is Cc1ccc(NC(=O)CSc2nnc(-c3ccccc3C)n2C)cc1F. The molecule has 134 valence electrons. The molecule has 1 amide bonds. The third kappa shape index (κ3) is 3.94. The van der Waals surface area contributed by atoms with E-state index >= 15 is 0 Å². The van der Waals surface area contributed by atoms with E-state index in [2.05, 4.69) is 15.5 Å². The first-order valence-electron chi connectivity index (χ1n) is 8.10. The van der Waals surface area contributed by atoms with Gasteiger partial charge >= 0.3 is 0 Å². The minimum Gasteiger partial charge on any atom is -0.325 e. The lowest BCUT2D eigenvalue weighted by atomic mass is 10.1. The van der Waals surface area contributed by atoms with Crippen LogP contribution in [-0.2, 0) is 11.8 Å². The number of aryl methyl sites for hydroxylation is 2. The highest BCUT2D eigenvalue weighted by Gasteiger charge is 2.14. The first-order chi connectivity index (χ1) is 12.5. The topological polar surface area (TPSA) is 59.8 Å². The first-order valence-corrected chi connectivity index (χ1v) is 9.08. The Labute approximate surface area is 155 Å². The van der Waals surface area contributed by atoms with Crippen molar-refractivity contribution in [2.24, 2.45) is 7.05 Å². The predicted molar refractivity (Wildman–Crippen MR) is 102 cm³/mol. The molecule has 0 aliphatic carbocycles. The maximum absolute atomic E-state index is 13.6. The van der Waals surface area contributed by atoms with Gasteiger partial charge in [-0.25, -0.2) is 4.39 Å². The van der Waals surface area contributed by atoms with E-state index in [1.165, 1.54) is 17.8 Å². The number of hydrogen-bond acceptors (Lipinski definition) is 4. The van der Waals surface area contributed by atoms with Crippen LogP contribution in [0.1, 0.15) is 11.1 Å². The van der Waals surface area contributed by atoms with Crippen LogP contribution in [0, 0.1) is 19.7 Å². The van der Waals surface area contributed by atoms with Crippen molar-refractivity contribution in [3.8, 4) is 11.4 Å². The van der Waals surface area contributed by atoms with Gasteiger partial charge in [-0.1, -0.05) is 42.1 Å².